The standard InChI is InChI=1S/C23H26N3O4S.Na/c1-16-20(15-31(27)22-25-18-6-2-3-7-19(18)26-22)24-11-8-21(16)28-12-17-13-29-23(30-14-17)9-4-5-10-23;/h2-3,6-8,11,17H,4-5,9-10,12-15H2,1H3;/q-1;+1. The van der Waals surface area contributed by atoms with E-state index in [9.17, 15) is 4.21 Å². The molecule has 2 fully saturated rings. The summed E-state index contributed by atoms with van der Waals surface area (Å²) in [5.41, 5.74) is 3.12. The van der Waals surface area contributed by atoms with Crippen molar-refractivity contribution >= 4 is 21.8 Å². The summed E-state index contributed by atoms with van der Waals surface area (Å²) in [5.74, 6) is 0.851. The Bertz CT molecular complexity index is 1060. The summed E-state index contributed by atoms with van der Waals surface area (Å²) in [7, 11) is -1.38. The van der Waals surface area contributed by atoms with Crippen LogP contribution in [0.25, 0.3) is 11.0 Å². The number of hydrogen-bond donors (Lipinski definition) is 0. The Morgan fingerprint density at radius 3 is 2.69 bits per heavy atom. The maximum Gasteiger partial charge on any atom is 1.00 e. The molecule has 2 aromatic heterocycles. The molecule has 1 saturated heterocycles. The molecular weight excluding hydrogens is 437 g/mol. The third-order valence-electron chi connectivity index (χ3n) is 6.05. The fraction of sp³-hybridized carbons (Fsp3) is 0.478. The molecule has 0 bridgehead atoms. The van der Waals surface area contributed by atoms with Crippen molar-refractivity contribution < 1.29 is 48.0 Å². The molecule has 1 aromatic carbocycles. The first-order valence-corrected chi connectivity index (χ1v) is 12.1. The van der Waals surface area contributed by atoms with Gasteiger partial charge in [-0.1, -0.05) is 24.3 Å². The maximum atomic E-state index is 12.8. The average Bonchev–Trinajstić information content (AvgIpc) is 3.43. The van der Waals surface area contributed by atoms with Crippen molar-refractivity contribution in [1.82, 2.24) is 15.0 Å². The summed E-state index contributed by atoms with van der Waals surface area (Å²) in [6.07, 6.45) is 6.03. The summed E-state index contributed by atoms with van der Waals surface area (Å²) in [6, 6.07) is 9.37. The number of nitrogens with zero attached hydrogens (tertiary/aromatic N) is 3. The summed E-state index contributed by atoms with van der Waals surface area (Å²) in [5, 5.41) is 0.339. The van der Waals surface area contributed by atoms with Gasteiger partial charge in [-0.3, -0.25) is 9.19 Å². The zero-order valence-electron chi connectivity index (χ0n) is 18.6. The molecule has 1 aliphatic heterocycles. The molecule has 1 atom stereocenters. The summed E-state index contributed by atoms with van der Waals surface area (Å²) in [4.78, 5) is 13.2. The third-order valence-corrected chi connectivity index (χ3v) is 7.17. The number of hydrogen-bond acceptors (Lipinski definition) is 6. The average molecular weight is 464 g/mol. The minimum atomic E-state index is -1.38. The fourth-order valence-electron chi connectivity index (χ4n) is 4.17. The Labute approximate surface area is 212 Å². The summed E-state index contributed by atoms with van der Waals surface area (Å²) >= 11 is 0. The molecule has 32 heavy (non-hydrogen) atoms. The van der Waals surface area contributed by atoms with Gasteiger partial charge in [0.05, 0.1) is 42.1 Å². The van der Waals surface area contributed by atoms with Gasteiger partial charge in [0.1, 0.15) is 5.75 Å². The third kappa shape index (κ3) is 5.11. The number of ether oxygens (including phenoxy) is 3. The van der Waals surface area contributed by atoms with Crippen LogP contribution in [-0.2, 0) is 26.0 Å². The van der Waals surface area contributed by atoms with Gasteiger partial charge in [-0.15, -0.1) is 0 Å². The quantitative estimate of drug-likeness (QED) is 0.493. The monoisotopic (exact) mass is 463 g/mol. The normalized spacial score (nSPS) is 19.2. The van der Waals surface area contributed by atoms with Crippen LogP contribution in [0.15, 0.2) is 41.7 Å². The van der Waals surface area contributed by atoms with Crippen LogP contribution in [0.2, 0.25) is 0 Å². The van der Waals surface area contributed by atoms with E-state index < -0.39 is 10.8 Å². The van der Waals surface area contributed by atoms with Gasteiger partial charge in [0.2, 0.25) is 0 Å². The number of rotatable bonds is 6. The Balaban J connectivity index is 0.00000245. The van der Waals surface area contributed by atoms with E-state index in [2.05, 4.69) is 15.0 Å². The summed E-state index contributed by atoms with van der Waals surface area (Å²) in [6.45, 7) is 3.77. The zero-order valence-corrected chi connectivity index (χ0v) is 21.4. The van der Waals surface area contributed by atoms with Crippen molar-refractivity contribution in [2.45, 2.75) is 49.3 Å². The molecule has 3 aromatic rings. The first-order chi connectivity index (χ1) is 15.1. The second-order valence-corrected chi connectivity index (χ2v) is 9.63. The number of pyridine rings is 1. The molecule has 9 heteroatoms. The second kappa shape index (κ2) is 10.3. The molecule has 1 saturated carbocycles. The van der Waals surface area contributed by atoms with Crippen LogP contribution in [0.1, 0.15) is 36.9 Å². The van der Waals surface area contributed by atoms with Gasteiger partial charge in [-0.2, -0.15) is 0 Å². The van der Waals surface area contributed by atoms with E-state index in [-0.39, 0.29) is 47.0 Å². The van der Waals surface area contributed by atoms with E-state index in [0.29, 0.717) is 25.0 Å². The van der Waals surface area contributed by atoms with Crippen molar-refractivity contribution in [2.75, 3.05) is 19.8 Å². The van der Waals surface area contributed by atoms with Gasteiger partial charge >= 0.3 is 29.6 Å². The number of aromatic nitrogens is 3. The molecule has 0 N–H and O–H groups in total. The van der Waals surface area contributed by atoms with E-state index in [1.807, 2.05) is 37.3 Å². The Hall–Kier alpha value is -1.29. The molecule has 2 aliphatic rings. The molecule has 1 unspecified atom stereocenters. The predicted octanol–water partition coefficient (Wildman–Crippen LogP) is 0.519. The molecule has 0 amide bonds. The van der Waals surface area contributed by atoms with Crippen LogP contribution in [0.5, 0.6) is 5.75 Å². The number of benzene rings is 1. The van der Waals surface area contributed by atoms with Crippen LogP contribution in [0, 0.1) is 12.8 Å². The van der Waals surface area contributed by atoms with Gasteiger partial charge in [-0.25, -0.2) is 0 Å². The maximum absolute atomic E-state index is 12.8. The minimum Gasteiger partial charge on any atom is -0.493 e. The van der Waals surface area contributed by atoms with Gasteiger partial charge in [0.25, 0.3) is 0 Å². The first kappa shape index (κ1) is 23.9. The number of para-hydroxylation sites is 2. The van der Waals surface area contributed by atoms with E-state index in [4.69, 9.17) is 14.2 Å². The predicted molar refractivity (Wildman–Crippen MR) is 116 cm³/mol. The first-order valence-electron chi connectivity index (χ1n) is 10.7. The number of fused-ring (bicyclic) bond motifs is 1. The largest absolute Gasteiger partial charge is 1.00 e. The molecule has 0 radical (unpaired) electrons. The van der Waals surface area contributed by atoms with Gasteiger partial charge in [-0.05, 0) is 36.9 Å². The van der Waals surface area contributed by atoms with Crippen LogP contribution < -0.4 is 39.3 Å². The van der Waals surface area contributed by atoms with Gasteiger partial charge in [0, 0.05) is 35.7 Å². The van der Waals surface area contributed by atoms with Crippen molar-refractivity contribution in [2.24, 2.45) is 5.92 Å². The van der Waals surface area contributed by atoms with Crippen molar-refractivity contribution in [3.8, 4) is 5.75 Å². The molecule has 3 heterocycles. The minimum absolute atomic E-state index is 0. The van der Waals surface area contributed by atoms with Crippen LogP contribution in [0.4, 0.5) is 0 Å². The van der Waals surface area contributed by atoms with Gasteiger partial charge < -0.3 is 24.2 Å². The number of imidazole rings is 1. The molecule has 1 spiro atoms. The molecule has 1 aliphatic carbocycles. The summed E-state index contributed by atoms with van der Waals surface area (Å²) < 4.78 is 31.0. The Morgan fingerprint density at radius 1 is 1.19 bits per heavy atom. The van der Waals surface area contributed by atoms with E-state index in [0.717, 1.165) is 40.9 Å². The van der Waals surface area contributed by atoms with E-state index >= 15 is 0 Å². The second-order valence-electron chi connectivity index (χ2n) is 8.28. The van der Waals surface area contributed by atoms with E-state index in [1.165, 1.54) is 12.8 Å². The topological polar surface area (TPSA) is 84.6 Å². The van der Waals surface area contributed by atoms with Crippen LogP contribution in [-0.4, -0.2) is 39.8 Å². The zero-order chi connectivity index (χ0) is 21.3. The molecular formula is C23H26N3NaO4S. The fourth-order valence-corrected chi connectivity index (χ4v) is 5.24. The van der Waals surface area contributed by atoms with Gasteiger partial charge in [0.15, 0.2) is 5.79 Å². The molecule has 5 rings (SSSR count). The van der Waals surface area contributed by atoms with Crippen molar-refractivity contribution in [1.29, 1.82) is 0 Å². The Kier molecular flexibility index (Phi) is 7.69. The van der Waals surface area contributed by atoms with E-state index in [1.54, 1.807) is 6.20 Å². The molecule has 164 valence electrons. The smallest absolute Gasteiger partial charge is 0.493 e. The van der Waals surface area contributed by atoms with Crippen molar-refractivity contribution in [3.63, 3.8) is 0 Å². The SMILES string of the molecule is Cc1c(OCC2COC3(CCCC3)OC2)ccnc1CS(=O)c1nc2ccccc2[n-]1.[Na+]. The van der Waals surface area contributed by atoms with Crippen LogP contribution >= 0.6 is 0 Å². The Morgan fingerprint density at radius 2 is 1.94 bits per heavy atom. The van der Waals surface area contributed by atoms with Crippen molar-refractivity contribution in [3.05, 3.63) is 47.8 Å². The molecule has 7 nitrogen and oxygen atoms in total. The van der Waals surface area contributed by atoms with Crippen LogP contribution in [0.3, 0.4) is 0 Å².